The van der Waals surface area contributed by atoms with Crippen molar-refractivity contribution in [2.75, 3.05) is 39.0 Å². The molecule has 112 valence electrons. The van der Waals surface area contributed by atoms with Crippen molar-refractivity contribution in [3.63, 3.8) is 0 Å². The third-order valence-corrected chi connectivity index (χ3v) is 5.22. The molecule has 0 bridgehead atoms. The Hall–Kier alpha value is -1.11. The Morgan fingerprint density at radius 1 is 1.35 bits per heavy atom. The zero-order valence-corrected chi connectivity index (χ0v) is 12.9. The van der Waals surface area contributed by atoms with Gasteiger partial charge in [0.05, 0.1) is 5.69 Å². The summed E-state index contributed by atoms with van der Waals surface area (Å²) in [5.41, 5.74) is 0.676. The van der Waals surface area contributed by atoms with Crippen molar-refractivity contribution >= 4 is 15.7 Å². The highest BCUT2D eigenvalue weighted by Gasteiger charge is 2.19. The van der Waals surface area contributed by atoms with Crippen molar-refractivity contribution in [2.45, 2.75) is 17.7 Å². The first kappa shape index (κ1) is 15.3. The summed E-state index contributed by atoms with van der Waals surface area (Å²) in [5, 5.41) is 3.30. The van der Waals surface area contributed by atoms with Gasteiger partial charge in [0, 0.05) is 13.1 Å². The van der Waals surface area contributed by atoms with E-state index in [4.69, 9.17) is 0 Å². The van der Waals surface area contributed by atoms with E-state index in [0.29, 0.717) is 16.5 Å². The van der Waals surface area contributed by atoms with Gasteiger partial charge in [-0.1, -0.05) is 12.1 Å². The zero-order valence-electron chi connectivity index (χ0n) is 12.1. The van der Waals surface area contributed by atoms with Gasteiger partial charge in [-0.3, -0.25) is 0 Å². The highest BCUT2D eigenvalue weighted by molar-refractivity contribution is 7.89. The summed E-state index contributed by atoms with van der Waals surface area (Å²) >= 11 is 0. The van der Waals surface area contributed by atoms with E-state index >= 15 is 0 Å². The molecular formula is C14H23N3O2S. The minimum atomic E-state index is -3.42. The first-order valence-corrected chi connectivity index (χ1v) is 8.46. The van der Waals surface area contributed by atoms with Crippen LogP contribution in [0.2, 0.25) is 0 Å². The maximum absolute atomic E-state index is 12.0. The minimum Gasteiger partial charge on any atom is -0.384 e. The standard InChI is InChI=1S/C14H23N3O2S/c1-15-20(18,19)14-8-4-3-7-13(14)16-10-12-6-5-9-17(2)11-12/h3-4,7-8,12,15-16H,5-6,9-11H2,1-2H3. The van der Waals surface area contributed by atoms with Gasteiger partial charge in [0.1, 0.15) is 4.90 Å². The average molecular weight is 297 g/mol. The number of likely N-dealkylation sites (tertiary alicyclic amines) is 1. The van der Waals surface area contributed by atoms with Crippen LogP contribution in [0.3, 0.4) is 0 Å². The number of rotatable bonds is 5. The van der Waals surface area contributed by atoms with E-state index in [1.165, 1.54) is 19.9 Å². The van der Waals surface area contributed by atoms with Crippen LogP contribution in [-0.2, 0) is 10.0 Å². The molecule has 1 aromatic rings. The van der Waals surface area contributed by atoms with Gasteiger partial charge in [-0.05, 0) is 51.5 Å². The molecule has 0 aromatic heterocycles. The molecule has 0 amide bonds. The van der Waals surface area contributed by atoms with Crippen molar-refractivity contribution in [3.05, 3.63) is 24.3 Å². The first-order chi connectivity index (χ1) is 9.53. The summed E-state index contributed by atoms with van der Waals surface area (Å²) in [5.74, 6) is 0.569. The van der Waals surface area contributed by atoms with Crippen LogP contribution in [0.4, 0.5) is 5.69 Å². The Kier molecular flexibility index (Phi) is 5.01. The molecule has 0 saturated carbocycles. The van der Waals surface area contributed by atoms with Crippen LogP contribution in [0.1, 0.15) is 12.8 Å². The van der Waals surface area contributed by atoms with Crippen LogP contribution >= 0.6 is 0 Å². The van der Waals surface area contributed by atoms with Crippen molar-refractivity contribution in [1.29, 1.82) is 0 Å². The van der Waals surface area contributed by atoms with Gasteiger partial charge < -0.3 is 10.2 Å². The molecule has 1 aliphatic heterocycles. The van der Waals surface area contributed by atoms with Crippen molar-refractivity contribution in [2.24, 2.45) is 5.92 Å². The lowest BCUT2D eigenvalue weighted by Crippen LogP contribution is -2.35. The van der Waals surface area contributed by atoms with Crippen molar-refractivity contribution in [1.82, 2.24) is 9.62 Å². The largest absolute Gasteiger partial charge is 0.384 e. The summed E-state index contributed by atoms with van der Waals surface area (Å²) in [6, 6.07) is 7.03. The Bertz CT molecular complexity index is 545. The molecule has 1 fully saturated rings. The number of para-hydroxylation sites is 1. The van der Waals surface area contributed by atoms with Gasteiger partial charge in [0.25, 0.3) is 0 Å². The summed E-state index contributed by atoms with van der Waals surface area (Å²) in [6.07, 6.45) is 2.40. The fourth-order valence-electron chi connectivity index (χ4n) is 2.65. The van der Waals surface area contributed by atoms with Gasteiger partial charge in [0.15, 0.2) is 0 Å². The van der Waals surface area contributed by atoms with Gasteiger partial charge in [0.2, 0.25) is 10.0 Å². The lowest BCUT2D eigenvalue weighted by molar-refractivity contribution is 0.217. The molecule has 2 rings (SSSR count). The molecule has 5 nitrogen and oxygen atoms in total. The van der Waals surface area contributed by atoms with E-state index in [1.807, 2.05) is 12.1 Å². The molecule has 1 aromatic carbocycles. The molecule has 0 aliphatic carbocycles. The van der Waals surface area contributed by atoms with E-state index in [-0.39, 0.29) is 0 Å². The maximum atomic E-state index is 12.0. The first-order valence-electron chi connectivity index (χ1n) is 6.98. The molecule has 1 saturated heterocycles. The molecule has 0 spiro atoms. The number of sulfonamides is 1. The molecule has 1 aliphatic rings. The SMILES string of the molecule is CNS(=O)(=O)c1ccccc1NCC1CCCN(C)C1. The molecule has 20 heavy (non-hydrogen) atoms. The maximum Gasteiger partial charge on any atom is 0.242 e. The molecule has 1 heterocycles. The van der Waals surface area contributed by atoms with Crippen LogP contribution in [-0.4, -0.2) is 47.0 Å². The second-order valence-corrected chi connectivity index (χ2v) is 7.21. The Morgan fingerprint density at radius 3 is 2.80 bits per heavy atom. The quantitative estimate of drug-likeness (QED) is 0.861. The molecule has 0 radical (unpaired) electrons. The molecule has 2 N–H and O–H groups in total. The van der Waals surface area contributed by atoms with Crippen molar-refractivity contribution < 1.29 is 8.42 Å². The highest BCUT2D eigenvalue weighted by atomic mass is 32.2. The average Bonchev–Trinajstić information content (AvgIpc) is 2.45. The van der Waals surface area contributed by atoms with E-state index in [9.17, 15) is 8.42 Å². The number of piperidine rings is 1. The van der Waals surface area contributed by atoms with E-state index in [1.54, 1.807) is 12.1 Å². The second kappa shape index (κ2) is 6.56. The van der Waals surface area contributed by atoms with Crippen molar-refractivity contribution in [3.8, 4) is 0 Å². The predicted octanol–water partition coefficient (Wildman–Crippen LogP) is 1.35. The summed E-state index contributed by atoms with van der Waals surface area (Å²) < 4.78 is 26.3. The predicted molar refractivity (Wildman–Crippen MR) is 81.4 cm³/mol. The number of anilines is 1. The zero-order chi connectivity index (χ0) is 14.6. The number of hydrogen-bond acceptors (Lipinski definition) is 4. The van der Waals surface area contributed by atoms with E-state index in [2.05, 4.69) is 22.0 Å². The summed E-state index contributed by atoms with van der Waals surface area (Å²) in [4.78, 5) is 2.64. The normalized spacial score (nSPS) is 20.8. The van der Waals surface area contributed by atoms with Gasteiger partial charge in [-0.2, -0.15) is 0 Å². The lowest BCUT2D eigenvalue weighted by Gasteiger charge is -2.30. The van der Waals surface area contributed by atoms with E-state index < -0.39 is 10.0 Å². The number of hydrogen-bond donors (Lipinski definition) is 2. The molecular weight excluding hydrogens is 274 g/mol. The number of nitrogens with one attached hydrogen (secondary N) is 2. The monoisotopic (exact) mass is 297 g/mol. The van der Waals surface area contributed by atoms with Crippen LogP contribution < -0.4 is 10.0 Å². The second-order valence-electron chi connectivity index (χ2n) is 5.36. The van der Waals surface area contributed by atoms with Crippen LogP contribution in [0, 0.1) is 5.92 Å². The highest BCUT2D eigenvalue weighted by Crippen LogP contribution is 2.22. The smallest absolute Gasteiger partial charge is 0.242 e. The summed E-state index contributed by atoms with van der Waals surface area (Å²) in [7, 11) is 0.148. The molecule has 6 heteroatoms. The summed E-state index contributed by atoms with van der Waals surface area (Å²) in [6.45, 7) is 3.02. The fourth-order valence-corrected chi connectivity index (χ4v) is 3.56. The fraction of sp³-hybridized carbons (Fsp3) is 0.571. The van der Waals surface area contributed by atoms with Gasteiger partial charge in [-0.25, -0.2) is 13.1 Å². The molecule has 1 unspecified atom stereocenters. The minimum absolute atomic E-state index is 0.312. The molecule has 1 atom stereocenters. The topological polar surface area (TPSA) is 61.4 Å². The number of benzene rings is 1. The van der Waals surface area contributed by atoms with Crippen LogP contribution in [0.5, 0.6) is 0 Å². The Balaban J connectivity index is 2.06. The van der Waals surface area contributed by atoms with Gasteiger partial charge in [-0.15, -0.1) is 0 Å². The third-order valence-electron chi connectivity index (χ3n) is 3.75. The van der Waals surface area contributed by atoms with Crippen LogP contribution in [0.15, 0.2) is 29.2 Å². The third kappa shape index (κ3) is 3.71. The van der Waals surface area contributed by atoms with E-state index in [0.717, 1.165) is 19.6 Å². The van der Waals surface area contributed by atoms with Gasteiger partial charge >= 0.3 is 0 Å². The Morgan fingerprint density at radius 2 is 2.10 bits per heavy atom. The van der Waals surface area contributed by atoms with Crippen LogP contribution in [0.25, 0.3) is 0 Å². The Labute approximate surface area is 121 Å². The lowest BCUT2D eigenvalue weighted by atomic mass is 9.98. The number of nitrogens with zero attached hydrogens (tertiary/aromatic N) is 1.